The molecule has 1 fully saturated rings. The molecule has 0 aliphatic carbocycles. The lowest BCUT2D eigenvalue weighted by Gasteiger charge is -2.25. The molecule has 2 heterocycles. The van der Waals surface area contributed by atoms with Gasteiger partial charge in [0.05, 0.1) is 0 Å². The highest BCUT2D eigenvalue weighted by atomic mass is 16.2. The Bertz CT molecular complexity index is 414. The second-order valence-corrected chi connectivity index (χ2v) is 4.22. The van der Waals surface area contributed by atoms with Crippen LogP contribution in [0.4, 0.5) is 0 Å². The Morgan fingerprint density at radius 2 is 2.29 bits per heavy atom. The second-order valence-electron chi connectivity index (χ2n) is 4.22. The molecule has 0 radical (unpaired) electrons. The smallest absolute Gasteiger partial charge is 0.291 e. The molecule has 17 heavy (non-hydrogen) atoms. The van der Waals surface area contributed by atoms with Gasteiger partial charge >= 0.3 is 0 Å². The summed E-state index contributed by atoms with van der Waals surface area (Å²) in [5.74, 6) is -0.126. The van der Waals surface area contributed by atoms with E-state index in [4.69, 9.17) is 0 Å². The van der Waals surface area contributed by atoms with E-state index in [1.54, 1.807) is 19.0 Å². The maximum atomic E-state index is 12.1. The van der Waals surface area contributed by atoms with Gasteiger partial charge in [0.15, 0.2) is 0 Å². The average Bonchev–Trinajstić information content (AvgIpc) is 2.97. The van der Waals surface area contributed by atoms with Crippen molar-refractivity contribution in [2.45, 2.75) is 18.9 Å². The normalized spacial score (nSPS) is 19.4. The van der Waals surface area contributed by atoms with E-state index in [0.717, 1.165) is 6.42 Å². The van der Waals surface area contributed by atoms with Crippen molar-refractivity contribution in [2.75, 3.05) is 20.6 Å². The van der Waals surface area contributed by atoms with Crippen molar-refractivity contribution < 1.29 is 9.59 Å². The average molecular weight is 237 g/mol. The molecule has 1 atom stereocenters. The molecule has 1 aromatic heterocycles. The number of H-pyrrole nitrogens is 1. The lowest BCUT2D eigenvalue weighted by atomic mass is 10.2. The van der Waals surface area contributed by atoms with Crippen LogP contribution in [0.5, 0.6) is 0 Å². The number of nitrogens with zero attached hydrogens (tertiary/aromatic N) is 4. The first-order valence-corrected chi connectivity index (χ1v) is 5.48. The Balaban J connectivity index is 2.15. The van der Waals surface area contributed by atoms with Gasteiger partial charge in [-0.2, -0.15) is 5.10 Å². The summed E-state index contributed by atoms with van der Waals surface area (Å²) in [5.41, 5.74) is 0. The van der Waals surface area contributed by atoms with Gasteiger partial charge in [-0.1, -0.05) is 0 Å². The molecule has 0 bridgehead atoms. The topological polar surface area (TPSA) is 82.2 Å². The van der Waals surface area contributed by atoms with Gasteiger partial charge in [0, 0.05) is 20.6 Å². The van der Waals surface area contributed by atoms with E-state index in [2.05, 4.69) is 15.2 Å². The highest BCUT2D eigenvalue weighted by Crippen LogP contribution is 2.20. The predicted octanol–water partition coefficient (Wildman–Crippen LogP) is -0.503. The minimum Gasteiger partial charge on any atom is -0.347 e. The summed E-state index contributed by atoms with van der Waals surface area (Å²) in [6.07, 6.45) is 2.83. The van der Waals surface area contributed by atoms with Gasteiger partial charge in [-0.25, -0.2) is 4.98 Å². The zero-order valence-electron chi connectivity index (χ0n) is 9.88. The number of likely N-dealkylation sites (N-methyl/N-ethyl adjacent to an activating group) is 1. The molecule has 1 saturated heterocycles. The number of likely N-dealkylation sites (tertiary alicyclic amines) is 1. The van der Waals surface area contributed by atoms with E-state index in [0.29, 0.717) is 13.0 Å². The van der Waals surface area contributed by atoms with Crippen LogP contribution < -0.4 is 0 Å². The Morgan fingerprint density at radius 3 is 2.88 bits per heavy atom. The quantitative estimate of drug-likeness (QED) is 0.751. The van der Waals surface area contributed by atoms with Gasteiger partial charge in [-0.05, 0) is 12.8 Å². The van der Waals surface area contributed by atoms with Crippen molar-refractivity contribution in [2.24, 2.45) is 0 Å². The number of carbonyl (C=O) groups excluding carboxylic acids is 2. The number of nitrogens with one attached hydrogen (secondary N) is 1. The molecule has 92 valence electrons. The van der Waals surface area contributed by atoms with E-state index < -0.39 is 0 Å². The summed E-state index contributed by atoms with van der Waals surface area (Å²) < 4.78 is 0. The fourth-order valence-electron chi connectivity index (χ4n) is 2.01. The summed E-state index contributed by atoms with van der Waals surface area (Å²) in [6.45, 7) is 0.587. The molecule has 0 spiro atoms. The highest BCUT2D eigenvalue weighted by Gasteiger charge is 2.36. The van der Waals surface area contributed by atoms with Gasteiger partial charge < -0.3 is 9.80 Å². The van der Waals surface area contributed by atoms with Crippen LogP contribution in [0.25, 0.3) is 0 Å². The van der Waals surface area contributed by atoms with Crippen molar-refractivity contribution >= 4 is 11.8 Å². The molecule has 1 aromatic rings. The lowest BCUT2D eigenvalue weighted by Crippen LogP contribution is -2.45. The first kappa shape index (κ1) is 11.6. The van der Waals surface area contributed by atoms with Crippen molar-refractivity contribution in [3.8, 4) is 0 Å². The van der Waals surface area contributed by atoms with Crippen molar-refractivity contribution in [1.82, 2.24) is 25.0 Å². The van der Waals surface area contributed by atoms with Crippen LogP contribution in [0.15, 0.2) is 6.33 Å². The molecule has 1 unspecified atom stereocenters. The summed E-state index contributed by atoms with van der Waals surface area (Å²) in [7, 11) is 3.38. The van der Waals surface area contributed by atoms with Crippen molar-refractivity contribution in [3.63, 3.8) is 0 Å². The molecular weight excluding hydrogens is 222 g/mol. The van der Waals surface area contributed by atoms with E-state index in [9.17, 15) is 9.59 Å². The Kier molecular flexibility index (Phi) is 3.08. The maximum absolute atomic E-state index is 12.1. The molecule has 0 saturated carbocycles. The third kappa shape index (κ3) is 2.13. The molecule has 7 nitrogen and oxygen atoms in total. The SMILES string of the molecule is CN(C)C(=O)C1CCCN1C(=O)c1ncn[nH]1. The van der Waals surface area contributed by atoms with Gasteiger partial charge in [0.25, 0.3) is 5.91 Å². The van der Waals surface area contributed by atoms with Crippen LogP contribution in [-0.4, -0.2) is 63.5 Å². The van der Waals surface area contributed by atoms with Crippen molar-refractivity contribution in [1.29, 1.82) is 0 Å². The Labute approximate surface area is 98.8 Å². The third-order valence-electron chi connectivity index (χ3n) is 2.86. The molecular formula is C10H15N5O2. The monoisotopic (exact) mass is 237 g/mol. The fraction of sp³-hybridized carbons (Fsp3) is 0.600. The molecule has 2 rings (SSSR count). The summed E-state index contributed by atoms with van der Waals surface area (Å²) >= 11 is 0. The Hall–Kier alpha value is -1.92. The van der Waals surface area contributed by atoms with E-state index in [-0.39, 0.29) is 23.7 Å². The first-order valence-electron chi connectivity index (χ1n) is 5.48. The molecule has 7 heteroatoms. The van der Waals surface area contributed by atoms with Crippen LogP contribution in [0.1, 0.15) is 23.5 Å². The van der Waals surface area contributed by atoms with Gasteiger partial charge in [-0.15, -0.1) is 0 Å². The number of hydrogen-bond donors (Lipinski definition) is 1. The largest absolute Gasteiger partial charge is 0.347 e. The van der Waals surface area contributed by atoms with Crippen LogP contribution in [-0.2, 0) is 4.79 Å². The minimum atomic E-state index is -0.373. The molecule has 0 aromatic carbocycles. The number of carbonyl (C=O) groups is 2. The van der Waals surface area contributed by atoms with E-state index in [1.165, 1.54) is 11.2 Å². The maximum Gasteiger partial charge on any atom is 0.291 e. The second kappa shape index (κ2) is 4.52. The molecule has 1 aliphatic heterocycles. The number of amides is 2. The number of rotatable bonds is 2. The lowest BCUT2D eigenvalue weighted by molar-refractivity contribution is -0.132. The summed E-state index contributed by atoms with van der Waals surface area (Å²) in [6, 6.07) is -0.373. The zero-order valence-corrected chi connectivity index (χ0v) is 9.88. The fourth-order valence-corrected chi connectivity index (χ4v) is 2.01. The van der Waals surface area contributed by atoms with Crippen molar-refractivity contribution in [3.05, 3.63) is 12.2 Å². The summed E-state index contributed by atoms with van der Waals surface area (Å²) in [5, 5.41) is 6.17. The molecule has 1 aliphatic rings. The van der Waals surface area contributed by atoms with E-state index in [1.807, 2.05) is 0 Å². The number of aromatic nitrogens is 3. The van der Waals surface area contributed by atoms with Crippen LogP contribution >= 0.6 is 0 Å². The Morgan fingerprint density at radius 1 is 1.53 bits per heavy atom. The third-order valence-corrected chi connectivity index (χ3v) is 2.86. The zero-order chi connectivity index (χ0) is 12.4. The standard InChI is InChI=1S/C10H15N5O2/c1-14(2)9(16)7-4-3-5-15(7)10(17)8-11-6-12-13-8/h6-7H,3-5H2,1-2H3,(H,11,12,13). The summed E-state index contributed by atoms with van der Waals surface area (Å²) in [4.78, 5) is 30.9. The van der Waals surface area contributed by atoms with Crippen LogP contribution in [0.3, 0.4) is 0 Å². The number of aromatic amines is 1. The minimum absolute atomic E-state index is 0.0460. The number of hydrogen-bond acceptors (Lipinski definition) is 4. The van der Waals surface area contributed by atoms with Crippen LogP contribution in [0, 0.1) is 0 Å². The molecule has 2 amide bonds. The first-order chi connectivity index (χ1) is 8.11. The van der Waals surface area contributed by atoms with E-state index >= 15 is 0 Å². The van der Waals surface area contributed by atoms with Gasteiger partial charge in [0.1, 0.15) is 12.4 Å². The van der Waals surface area contributed by atoms with Crippen LogP contribution in [0.2, 0.25) is 0 Å². The van der Waals surface area contributed by atoms with Gasteiger partial charge in [0.2, 0.25) is 11.7 Å². The predicted molar refractivity (Wildman–Crippen MR) is 59.1 cm³/mol. The highest BCUT2D eigenvalue weighted by molar-refractivity contribution is 5.95. The molecule has 1 N–H and O–H groups in total. The van der Waals surface area contributed by atoms with Gasteiger partial charge in [-0.3, -0.25) is 14.7 Å².